The second-order valence-electron chi connectivity index (χ2n) is 11.1. The summed E-state index contributed by atoms with van der Waals surface area (Å²) in [5, 5.41) is 10.9. The fraction of sp³-hybridized carbons (Fsp3) is 0.720. The summed E-state index contributed by atoms with van der Waals surface area (Å²) in [6.45, 7) is 14.8. The Morgan fingerprint density at radius 3 is 2.50 bits per heavy atom. The summed E-state index contributed by atoms with van der Waals surface area (Å²) < 4.78 is 6.64. The Balaban J connectivity index is 1.38. The molecule has 3 atom stereocenters. The Morgan fingerprint density at radius 2 is 1.88 bits per heavy atom. The summed E-state index contributed by atoms with van der Waals surface area (Å²) in [5.41, 5.74) is 2.17. The van der Waals surface area contributed by atoms with Crippen LogP contribution in [-0.2, 0) is 11.2 Å². The quantitative estimate of drug-likeness (QED) is 0.649. The first-order valence-corrected chi connectivity index (χ1v) is 12.7. The highest BCUT2D eigenvalue weighted by atomic mass is 79.9. The lowest BCUT2D eigenvalue weighted by atomic mass is 9.86. The SMILES string of the molecule is CC1CN(C2(C)CCN(C(=O)OC(C)(C)C)CC2)CCN1[C@@H]1c2ccc(Br)cc2CC1O. The number of aliphatic hydroxyl groups is 1. The number of nitrogens with zero attached hydrogens (tertiary/aromatic N) is 3. The Morgan fingerprint density at radius 1 is 1.19 bits per heavy atom. The third kappa shape index (κ3) is 4.86. The van der Waals surface area contributed by atoms with E-state index in [-0.39, 0.29) is 23.8 Å². The van der Waals surface area contributed by atoms with Crippen LogP contribution in [0.3, 0.4) is 0 Å². The first-order chi connectivity index (χ1) is 15.0. The van der Waals surface area contributed by atoms with E-state index in [4.69, 9.17) is 4.74 Å². The average molecular weight is 509 g/mol. The third-order valence-corrected chi connectivity index (χ3v) is 8.00. The molecule has 178 valence electrons. The highest BCUT2D eigenvalue weighted by Crippen LogP contribution is 2.40. The molecular weight excluding hydrogens is 470 g/mol. The van der Waals surface area contributed by atoms with E-state index in [1.807, 2.05) is 25.7 Å². The number of benzene rings is 1. The minimum Gasteiger partial charge on any atom is -0.444 e. The zero-order valence-corrected chi connectivity index (χ0v) is 21.7. The van der Waals surface area contributed by atoms with Crippen molar-refractivity contribution >= 4 is 22.0 Å². The number of piperazine rings is 1. The van der Waals surface area contributed by atoms with Gasteiger partial charge in [-0.1, -0.05) is 22.0 Å². The van der Waals surface area contributed by atoms with E-state index in [1.165, 1.54) is 11.1 Å². The van der Waals surface area contributed by atoms with E-state index < -0.39 is 5.60 Å². The molecule has 0 bridgehead atoms. The predicted molar refractivity (Wildman–Crippen MR) is 130 cm³/mol. The summed E-state index contributed by atoms with van der Waals surface area (Å²) in [4.78, 5) is 19.4. The highest BCUT2D eigenvalue weighted by Gasteiger charge is 2.44. The van der Waals surface area contributed by atoms with Crippen molar-refractivity contribution in [2.24, 2.45) is 0 Å². The number of piperidine rings is 1. The molecule has 2 saturated heterocycles. The lowest BCUT2D eigenvalue weighted by molar-refractivity contribution is -0.0526. The van der Waals surface area contributed by atoms with Crippen LogP contribution in [-0.4, -0.2) is 81.9 Å². The van der Waals surface area contributed by atoms with Crippen LogP contribution in [0.15, 0.2) is 22.7 Å². The normalized spacial score (nSPS) is 29.1. The zero-order chi connectivity index (χ0) is 23.3. The largest absolute Gasteiger partial charge is 0.444 e. The Bertz CT molecular complexity index is 847. The number of rotatable bonds is 2. The van der Waals surface area contributed by atoms with Crippen molar-refractivity contribution in [3.63, 3.8) is 0 Å². The minimum absolute atomic E-state index is 0.0806. The van der Waals surface area contributed by atoms with Gasteiger partial charge in [0.05, 0.1) is 12.1 Å². The van der Waals surface area contributed by atoms with Gasteiger partial charge in [0.2, 0.25) is 0 Å². The first kappa shape index (κ1) is 24.0. The molecule has 0 saturated carbocycles. The molecule has 1 aromatic carbocycles. The van der Waals surface area contributed by atoms with Gasteiger partial charge in [-0.15, -0.1) is 0 Å². The van der Waals surface area contributed by atoms with Gasteiger partial charge >= 0.3 is 6.09 Å². The van der Waals surface area contributed by atoms with Crippen molar-refractivity contribution in [1.82, 2.24) is 14.7 Å². The molecule has 6 nitrogen and oxygen atoms in total. The molecule has 7 heteroatoms. The van der Waals surface area contributed by atoms with Gasteiger partial charge in [0, 0.05) is 55.2 Å². The minimum atomic E-state index is -0.455. The molecule has 2 heterocycles. The first-order valence-electron chi connectivity index (χ1n) is 11.9. The van der Waals surface area contributed by atoms with E-state index >= 15 is 0 Å². The molecule has 0 spiro atoms. The molecule has 1 amide bonds. The molecule has 32 heavy (non-hydrogen) atoms. The van der Waals surface area contributed by atoms with E-state index in [0.29, 0.717) is 6.04 Å². The number of carbonyl (C=O) groups excluding carboxylic acids is 1. The number of hydrogen-bond acceptors (Lipinski definition) is 5. The number of fused-ring (bicyclic) bond motifs is 1. The molecule has 4 rings (SSSR count). The molecular formula is C25H38BrN3O3. The monoisotopic (exact) mass is 507 g/mol. The van der Waals surface area contributed by atoms with Crippen LogP contribution < -0.4 is 0 Å². The lowest BCUT2D eigenvalue weighted by Gasteiger charge is -2.52. The second-order valence-corrected chi connectivity index (χ2v) is 12.0. The van der Waals surface area contributed by atoms with Gasteiger partial charge < -0.3 is 14.7 Å². The molecule has 2 unspecified atom stereocenters. The van der Waals surface area contributed by atoms with Crippen LogP contribution in [0.5, 0.6) is 0 Å². The van der Waals surface area contributed by atoms with E-state index in [9.17, 15) is 9.90 Å². The van der Waals surface area contributed by atoms with Crippen molar-refractivity contribution in [2.75, 3.05) is 32.7 Å². The zero-order valence-electron chi connectivity index (χ0n) is 20.1. The van der Waals surface area contributed by atoms with Gasteiger partial charge in [0.15, 0.2) is 0 Å². The maximum Gasteiger partial charge on any atom is 0.410 e. The number of halogens is 1. The Hall–Kier alpha value is -1.15. The fourth-order valence-electron chi connectivity index (χ4n) is 5.67. The maximum atomic E-state index is 12.5. The topological polar surface area (TPSA) is 56.2 Å². The van der Waals surface area contributed by atoms with Crippen LogP contribution in [0.2, 0.25) is 0 Å². The maximum absolute atomic E-state index is 12.5. The molecule has 1 aromatic rings. The summed E-state index contributed by atoms with van der Waals surface area (Å²) in [6.07, 6.45) is 2.10. The summed E-state index contributed by atoms with van der Waals surface area (Å²) >= 11 is 3.56. The van der Waals surface area contributed by atoms with Crippen molar-refractivity contribution < 1.29 is 14.6 Å². The fourth-order valence-corrected chi connectivity index (χ4v) is 6.08. The molecule has 2 fully saturated rings. The number of amides is 1. The summed E-state index contributed by atoms with van der Waals surface area (Å²) in [7, 11) is 0. The van der Waals surface area contributed by atoms with E-state index in [0.717, 1.165) is 56.5 Å². The number of aliphatic hydroxyl groups excluding tert-OH is 1. The summed E-state index contributed by atoms with van der Waals surface area (Å²) in [6, 6.07) is 6.85. The number of carbonyl (C=O) groups is 1. The van der Waals surface area contributed by atoms with E-state index in [1.54, 1.807) is 0 Å². The van der Waals surface area contributed by atoms with Crippen molar-refractivity contribution in [3.8, 4) is 0 Å². The van der Waals surface area contributed by atoms with Crippen molar-refractivity contribution in [1.29, 1.82) is 0 Å². The number of hydrogen-bond donors (Lipinski definition) is 1. The lowest BCUT2D eigenvalue weighted by Crippen LogP contribution is -2.62. The van der Waals surface area contributed by atoms with Crippen LogP contribution in [0, 0.1) is 0 Å². The standard InChI is InChI=1S/C25H38BrN3O3/c1-17-16-28(25(5)8-10-27(11-9-25)23(31)32-24(2,3)4)12-13-29(17)22-20-7-6-19(26)14-18(20)15-21(22)30/h6-7,14,17,21-22,30H,8-13,15-16H2,1-5H3/t17?,21?,22-/m1/s1. The van der Waals surface area contributed by atoms with Crippen LogP contribution in [0.1, 0.15) is 64.6 Å². The second kappa shape index (κ2) is 8.90. The average Bonchev–Trinajstić information content (AvgIpc) is 3.01. The van der Waals surface area contributed by atoms with Crippen molar-refractivity contribution in [3.05, 3.63) is 33.8 Å². The molecule has 1 aliphatic carbocycles. The molecule has 0 radical (unpaired) electrons. The van der Waals surface area contributed by atoms with Crippen LogP contribution >= 0.6 is 15.9 Å². The molecule has 1 N–H and O–H groups in total. The van der Waals surface area contributed by atoms with E-state index in [2.05, 4.69) is 57.8 Å². The van der Waals surface area contributed by atoms with Gasteiger partial charge in [0.1, 0.15) is 5.60 Å². The van der Waals surface area contributed by atoms with Gasteiger partial charge in [-0.25, -0.2) is 4.79 Å². The van der Waals surface area contributed by atoms with Crippen LogP contribution in [0.4, 0.5) is 4.79 Å². The summed E-state index contributed by atoms with van der Waals surface area (Å²) in [5.74, 6) is 0. The van der Waals surface area contributed by atoms with Gasteiger partial charge in [-0.2, -0.15) is 0 Å². The molecule has 0 aromatic heterocycles. The molecule has 2 aliphatic heterocycles. The van der Waals surface area contributed by atoms with Gasteiger partial charge in [-0.3, -0.25) is 9.80 Å². The van der Waals surface area contributed by atoms with Gasteiger partial charge in [0.25, 0.3) is 0 Å². The van der Waals surface area contributed by atoms with Crippen molar-refractivity contribution in [2.45, 2.75) is 83.2 Å². The smallest absolute Gasteiger partial charge is 0.410 e. The Labute approximate surface area is 201 Å². The number of ether oxygens (including phenoxy) is 1. The predicted octanol–water partition coefficient (Wildman–Crippen LogP) is 4.20. The number of likely N-dealkylation sites (tertiary alicyclic amines) is 1. The molecule has 3 aliphatic rings. The van der Waals surface area contributed by atoms with Crippen LogP contribution in [0.25, 0.3) is 0 Å². The van der Waals surface area contributed by atoms with Gasteiger partial charge in [-0.05, 0) is 70.7 Å². The third-order valence-electron chi connectivity index (χ3n) is 7.51. The Kier molecular flexibility index (Phi) is 6.67. The highest BCUT2D eigenvalue weighted by molar-refractivity contribution is 9.10.